The normalized spacial score (nSPS) is 17.2. The lowest BCUT2D eigenvalue weighted by atomic mass is 9.98. The monoisotopic (exact) mass is 484 g/mol. The fourth-order valence-electron chi connectivity index (χ4n) is 5.32. The predicted octanol–water partition coefficient (Wildman–Crippen LogP) is 4.21. The third kappa shape index (κ3) is 4.69. The quantitative estimate of drug-likeness (QED) is 0.524. The van der Waals surface area contributed by atoms with Crippen LogP contribution in [0.3, 0.4) is 0 Å². The number of nitrogens with one attached hydrogen (secondary N) is 1. The molecule has 1 aliphatic carbocycles. The minimum atomic E-state index is -1.03. The molecule has 36 heavy (non-hydrogen) atoms. The molecule has 7 nitrogen and oxygen atoms in total. The third-order valence-electron chi connectivity index (χ3n) is 7.04. The molecule has 5 rings (SSSR count). The number of ether oxygens (including phenoxy) is 1. The molecular weight excluding hydrogens is 456 g/mol. The van der Waals surface area contributed by atoms with Crippen LogP contribution in [0.5, 0.6) is 0 Å². The zero-order valence-electron chi connectivity index (χ0n) is 19.8. The summed E-state index contributed by atoms with van der Waals surface area (Å²) in [7, 11) is 0. The van der Waals surface area contributed by atoms with Crippen LogP contribution in [0.4, 0.5) is 4.79 Å². The van der Waals surface area contributed by atoms with Gasteiger partial charge in [-0.05, 0) is 40.7 Å². The molecule has 1 aliphatic heterocycles. The molecule has 1 heterocycles. The van der Waals surface area contributed by atoms with Gasteiger partial charge in [-0.1, -0.05) is 78.9 Å². The Morgan fingerprint density at radius 1 is 0.917 bits per heavy atom. The highest BCUT2D eigenvalue weighted by atomic mass is 16.5. The van der Waals surface area contributed by atoms with Crippen molar-refractivity contribution in [3.8, 4) is 11.1 Å². The van der Waals surface area contributed by atoms with Gasteiger partial charge in [-0.2, -0.15) is 0 Å². The van der Waals surface area contributed by atoms with Gasteiger partial charge in [0.2, 0.25) is 5.91 Å². The Hall–Kier alpha value is -4.13. The van der Waals surface area contributed by atoms with E-state index in [-0.39, 0.29) is 18.9 Å². The van der Waals surface area contributed by atoms with E-state index in [1.807, 2.05) is 66.7 Å². The zero-order chi connectivity index (χ0) is 25.1. The Balaban J connectivity index is 1.31. The fraction of sp³-hybridized carbons (Fsp3) is 0.276. The molecule has 0 aromatic heterocycles. The molecule has 3 aromatic carbocycles. The lowest BCUT2D eigenvalue weighted by Gasteiger charge is -2.27. The van der Waals surface area contributed by atoms with Gasteiger partial charge in [-0.15, -0.1) is 0 Å². The van der Waals surface area contributed by atoms with Crippen LogP contribution in [0.1, 0.15) is 35.4 Å². The molecule has 0 spiro atoms. The van der Waals surface area contributed by atoms with E-state index in [4.69, 9.17) is 4.74 Å². The summed E-state index contributed by atoms with van der Waals surface area (Å²) in [5.74, 6) is -1.53. The van der Waals surface area contributed by atoms with Gasteiger partial charge in [0.15, 0.2) is 0 Å². The van der Waals surface area contributed by atoms with Crippen LogP contribution in [0.25, 0.3) is 11.1 Å². The maximum atomic E-state index is 13.4. The summed E-state index contributed by atoms with van der Waals surface area (Å²) in [4.78, 5) is 39.3. The standard InChI is InChI=1S/C29H28N2O5/c32-27(31-16-8-15-26(31)28(33)34)25(17-19-9-2-1-3-10-19)30-29(35)36-18-24-22-13-6-4-11-20(22)21-12-5-7-14-23(21)24/h1-7,9-14,24-26H,8,15-18H2,(H,30,35)(H,33,34)/t25-,26-/m0/s1. The number of carbonyl (C=O) groups is 3. The van der Waals surface area contributed by atoms with E-state index < -0.39 is 30.1 Å². The number of carboxylic acid groups (broad SMARTS) is 1. The van der Waals surface area contributed by atoms with Gasteiger partial charge in [0.25, 0.3) is 0 Å². The van der Waals surface area contributed by atoms with Crippen molar-refractivity contribution in [2.24, 2.45) is 0 Å². The molecule has 2 aliphatic rings. The topological polar surface area (TPSA) is 95.9 Å². The highest BCUT2D eigenvalue weighted by Crippen LogP contribution is 2.44. The van der Waals surface area contributed by atoms with Crippen molar-refractivity contribution >= 4 is 18.0 Å². The molecule has 1 saturated heterocycles. The van der Waals surface area contributed by atoms with Crippen molar-refractivity contribution in [1.29, 1.82) is 0 Å². The van der Waals surface area contributed by atoms with E-state index in [2.05, 4.69) is 17.4 Å². The van der Waals surface area contributed by atoms with Crippen LogP contribution >= 0.6 is 0 Å². The molecule has 2 N–H and O–H groups in total. The van der Waals surface area contributed by atoms with E-state index >= 15 is 0 Å². The molecule has 2 atom stereocenters. The number of hydrogen-bond acceptors (Lipinski definition) is 4. The molecule has 1 fully saturated rings. The SMILES string of the molecule is O=C(N[C@@H](Cc1ccccc1)C(=O)N1CCC[C@H]1C(=O)O)OCC1c2ccccc2-c2ccccc21. The molecule has 3 aromatic rings. The lowest BCUT2D eigenvalue weighted by molar-refractivity contribution is -0.148. The highest BCUT2D eigenvalue weighted by molar-refractivity contribution is 5.90. The van der Waals surface area contributed by atoms with E-state index in [0.717, 1.165) is 27.8 Å². The number of nitrogens with zero attached hydrogens (tertiary/aromatic N) is 1. The first kappa shape index (κ1) is 23.6. The van der Waals surface area contributed by atoms with Crippen LogP contribution < -0.4 is 5.32 Å². The predicted molar refractivity (Wildman–Crippen MR) is 135 cm³/mol. The fourth-order valence-corrected chi connectivity index (χ4v) is 5.32. The van der Waals surface area contributed by atoms with Crippen LogP contribution in [-0.4, -0.2) is 53.2 Å². The number of hydrogen-bond donors (Lipinski definition) is 2. The van der Waals surface area contributed by atoms with Crippen molar-refractivity contribution in [2.75, 3.05) is 13.2 Å². The van der Waals surface area contributed by atoms with Crippen LogP contribution in [0.2, 0.25) is 0 Å². The molecule has 0 unspecified atom stereocenters. The summed E-state index contributed by atoms with van der Waals surface area (Å²) in [6.45, 7) is 0.487. The van der Waals surface area contributed by atoms with Crippen LogP contribution in [0.15, 0.2) is 78.9 Å². The van der Waals surface area contributed by atoms with Gasteiger partial charge in [-0.25, -0.2) is 9.59 Å². The number of fused-ring (bicyclic) bond motifs is 3. The average molecular weight is 485 g/mol. The van der Waals surface area contributed by atoms with E-state index in [1.54, 1.807) is 0 Å². The zero-order valence-corrected chi connectivity index (χ0v) is 19.8. The Bertz CT molecular complexity index is 1230. The minimum Gasteiger partial charge on any atom is -0.480 e. The summed E-state index contributed by atoms with van der Waals surface area (Å²) in [5, 5.41) is 12.3. The number of carbonyl (C=O) groups excluding carboxylic acids is 2. The maximum absolute atomic E-state index is 13.4. The number of benzene rings is 3. The summed E-state index contributed by atoms with van der Waals surface area (Å²) >= 11 is 0. The van der Waals surface area contributed by atoms with Gasteiger partial charge in [0, 0.05) is 18.9 Å². The van der Waals surface area contributed by atoms with Crippen molar-refractivity contribution in [2.45, 2.75) is 37.3 Å². The minimum absolute atomic E-state index is 0.0959. The van der Waals surface area contributed by atoms with Crippen molar-refractivity contribution in [1.82, 2.24) is 10.2 Å². The number of alkyl carbamates (subject to hydrolysis) is 1. The summed E-state index contributed by atoms with van der Waals surface area (Å²) < 4.78 is 5.66. The van der Waals surface area contributed by atoms with Crippen LogP contribution in [-0.2, 0) is 20.7 Å². The van der Waals surface area contributed by atoms with E-state index in [0.29, 0.717) is 19.4 Å². The largest absolute Gasteiger partial charge is 0.480 e. The number of rotatable bonds is 7. The average Bonchev–Trinajstić information content (AvgIpc) is 3.51. The lowest BCUT2D eigenvalue weighted by Crippen LogP contribution is -2.52. The first-order valence-corrected chi connectivity index (χ1v) is 12.2. The van der Waals surface area contributed by atoms with Gasteiger partial charge in [0.05, 0.1) is 0 Å². The molecule has 0 radical (unpaired) electrons. The van der Waals surface area contributed by atoms with Gasteiger partial charge < -0.3 is 20.1 Å². The Kier molecular flexibility index (Phi) is 6.71. The first-order valence-electron chi connectivity index (χ1n) is 12.2. The number of aliphatic carboxylic acids is 1. The van der Waals surface area contributed by atoms with Gasteiger partial charge >= 0.3 is 12.1 Å². The molecular formula is C29H28N2O5. The summed E-state index contributed by atoms with van der Waals surface area (Å²) in [6, 6.07) is 23.7. The number of carboxylic acids is 1. The maximum Gasteiger partial charge on any atom is 0.407 e. The Morgan fingerprint density at radius 2 is 1.53 bits per heavy atom. The van der Waals surface area contributed by atoms with Gasteiger partial charge in [-0.3, -0.25) is 4.79 Å². The second-order valence-electron chi connectivity index (χ2n) is 9.24. The van der Waals surface area contributed by atoms with E-state index in [9.17, 15) is 19.5 Å². The Morgan fingerprint density at radius 3 is 2.17 bits per heavy atom. The van der Waals surface area contributed by atoms with Gasteiger partial charge in [0.1, 0.15) is 18.7 Å². The molecule has 0 bridgehead atoms. The van der Waals surface area contributed by atoms with Crippen molar-refractivity contribution in [3.63, 3.8) is 0 Å². The molecule has 2 amide bonds. The number of likely N-dealkylation sites (tertiary alicyclic amines) is 1. The van der Waals surface area contributed by atoms with Crippen molar-refractivity contribution < 1.29 is 24.2 Å². The molecule has 7 heteroatoms. The summed E-state index contributed by atoms with van der Waals surface area (Å²) in [5.41, 5.74) is 5.33. The first-order chi connectivity index (χ1) is 17.5. The van der Waals surface area contributed by atoms with Crippen LogP contribution in [0, 0.1) is 0 Å². The third-order valence-corrected chi connectivity index (χ3v) is 7.04. The van der Waals surface area contributed by atoms with E-state index in [1.165, 1.54) is 4.90 Å². The second kappa shape index (κ2) is 10.2. The number of amides is 2. The smallest absolute Gasteiger partial charge is 0.407 e. The highest BCUT2D eigenvalue weighted by Gasteiger charge is 2.38. The second-order valence-corrected chi connectivity index (χ2v) is 9.24. The molecule has 184 valence electrons. The summed E-state index contributed by atoms with van der Waals surface area (Å²) in [6.07, 6.45) is 0.569. The van der Waals surface area contributed by atoms with Crippen molar-refractivity contribution in [3.05, 3.63) is 95.6 Å². The molecule has 0 saturated carbocycles. The Labute approximate surface area is 209 Å².